The summed E-state index contributed by atoms with van der Waals surface area (Å²) in [6.45, 7) is 0. The van der Waals surface area contributed by atoms with Crippen LogP contribution >= 0.6 is 27.3 Å². The standard InChI is InChI=1S/C10H5BrF3N3O4S2/c11-5-1-2-7(6(3-5)10(12,13)14)23(20,21)16-9-15-4-8(22-9)17(18)19/h1-4H,(H,15,16). The van der Waals surface area contributed by atoms with Crippen LogP contribution in [0.3, 0.4) is 0 Å². The summed E-state index contributed by atoms with van der Waals surface area (Å²) >= 11 is 3.23. The van der Waals surface area contributed by atoms with Crippen molar-refractivity contribution in [2.45, 2.75) is 11.1 Å². The van der Waals surface area contributed by atoms with Crippen molar-refractivity contribution in [1.82, 2.24) is 4.98 Å². The van der Waals surface area contributed by atoms with E-state index in [-0.39, 0.29) is 4.47 Å². The topological polar surface area (TPSA) is 102 Å². The summed E-state index contributed by atoms with van der Waals surface area (Å²) in [6.07, 6.45) is -4.10. The molecule has 0 aliphatic rings. The Balaban J connectivity index is 2.45. The fraction of sp³-hybridized carbons (Fsp3) is 0.100. The third kappa shape index (κ3) is 3.97. The Kier molecular flexibility index (Phi) is 4.64. The zero-order chi connectivity index (χ0) is 17.4. The second-order valence-electron chi connectivity index (χ2n) is 4.00. The number of benzene rings is 1. The van der Waals surface area contributed by atoms with E-state index in [1.54, 1.807) is 4.72 Å². The van der Waals surface area contributed by atoms with Crippen molar-refractivity contribution in [3.63, 3.8) is 0 Å². The Morgan fingerprint density at radius 3 is 2.52 bits per heavy atom. The molecule has 2 rings (SSSR count). The zero-order valence-corrected chi connectivity index (χ0v) is 13.9. The molecular weight excluding hydrogens is 427 g/mol. The molecule has 0 fully saturated rings. The minimum absolute atomic E-state index is 0.0497. The number of sulfonamides is 1. The highest BCUT2D eigenvalue weighted by Gasteiger charge is 2.37. The first kappa shape index (κ1) is 17.6. The molecular formula is C10H5BrF3N3O4S2. The second kappa shape index (κ2) is 6.05. The van der Waals surface area contributed by atoms with Gasteiger partial charge in [-0.3, -0.25) is 14.8 Å². The van der Waals surface area contributed by atoms with Crippen LogP contribution in [-0.2, 0) is 16.2 Å². The molecule has 0 unspecified atom stereocenters. The van der Waals surface area contributed by atoms with Crippen molar-refractivity contribution in [3.05, 3.63) is 44.5 Å². The van der Waals surface area contributed by atoms with Crippen molar-refractivity contribution in [1.29, 1.82) is 0 Å². The molecule has 0 bridgehead atoms. The summed E-state index contributed by atoms with van der Waals surface area (Å²) in [7, 11) is -4.62. The van der Waals surface area contributed by atoms with Crippen molar-refractivity contribution < 1.29 is 26.5 Å². The lowest BCUT2D eigenvalue weighted by Gasteiger charge is -2.13. The lowest BCUT2D eigenvalue weighted by atomic mass is 10.2. The van der Waals surface area contributed by atoms with Crippen LogP contribution in [-0.4, -0.2) is 18.3 Å². The van der Waals surface area contributed by atoms with Gasteiger partial charge in [0.05, 0.1) is 15.4 Å². The lowest BCUT2D eigenvalue weighted by Crippen LogP contribution is -2.18. The molecule has 13 heteroatoms. The molecule has 0 aliphatic carbocycles. The summed E-state index contributed by atoms with van der Waals surface area (Å²) in [5.74, 6) is 0. The Morgan fingerprint density at radius 1 is 1.35 bits per heavy atom. The minimum Gasteiger partial charge on any atom is -0.257 e. The Morgan fingerprint density at radius 2 is 2.00 bits per heavy atom. The van der Waals surface area contributed by atoms with Crippen molar-refractivity contribution in [2.75, 3.05) is 4.72 Å². The maximum Gasteiger partial charge on any atom is 0.417 e. The van der Waals surface area contributed by atoms with Crippen LogP contribution in [0.25, 0.3) is 0 Å². The molecule has 7 nitrogen and oxygen atoms in total. The SMILES string of the molecule is O=[N+]([O-])c1cnc(NS(=O)(=O)c2ccc(Br)cc2C(F)(F)F)s1. The first-order valence-electron chi connectivity index (χ1n) is 5.50. The van der Waals surface area contributed by atoms with E-state index < -0.39 is 41.7 Å². The molecule has 0 atom stereocenters. The number of aromatic nitrogens is 1. The molecule has 0 aliphatic heterocycles. The van der Waals surface area contributed by atoms with E-state index in [0.29, 0.717) is 17.4 Å². The molecule has 124 valence electrons. The van der Waals surface area contributed by atoms with Gasteiger partial charge in [0.15, 0.2) is 0 Å². The number of hydrogen-bond donors (Lipinski definition) is 1. The highest BCUT2D eigenvalue weighted by molar-refractivity contribution is 9.10. The van der Waals surface area contributed by atoms with Gasteiger partial charge in [0.1, 0.15) is 6.20 Å². The van der Waals surface area contributed by atoms with Crippen molar-refractivity contribution in [2.24, 2.45) is 0 Å². The highest BCUT2D eigenvalue weighted by Crippen LogP contribution is 2.37. The molecule has 0 saturated heterocycles. The van der Waals surface area contributed by atoms with E-state index in [4.69, 9.17) is 0 Å². The predicted octanol–water partition coefficient (Wildman–Crippen LogP) is 3.63. The summed E-state index contributed by atoms with van der Waals surface area (Å²) in [6, 6.07) is 2.53. The van der Waals surface area contributed by atoms with Gasteiger partial charge in [-0.25, -0.2) is 13.4 Å². The van der Waals surface area contributed by atoms with Crippen LogP contribution in [0.4, 0.5) is 23.3 Å². The number of hydrogen-bond acceptors (Lipinski definition) is 6. The summed E-state index contributed by atoms with van der Waals surface area (Å²) in [4.78, 5) is 12.2. The summed E-state index contributed by atoms with van der Waals surface area (Å²) in [5.41, 5.74) is -1.37. The molecule has 0 saturated carbocycles. The van der Waals surface area contributed by atoms with Gasteiger partial charge in [-0.05, 0) is 29.5 Å². The van der Waals surface area contributed by atoms with Crippen LogP contribution < -0.4 is 4.72 Å². The largest absolute Gasteiger partial charge is 0.417 e. The van der Waals surface area contributed by atoms with E-state index in [1.165, 1.54) is 0 Å². The van der Waals surface area contributed by atoms with Gasteiger partial charge in [-0.15, -0.1) is 0 Å². The third-order valence-electron chi connectivity index (χ3n) is 2.43. The van der Waals surface area contributed by atoms with Gasteiger partial charge in [0.2, 0.25) is 5.13 Å². The van der Waals surface area contributed by atoms with Gasteiger partial charge in [-0.2, -0.15) is 13.2 Å². The molecule has 1 aromatic carbocycles. The van der Waals surface area contributed by atoms with E-state index in [0.717, 1.165) is 18.3 Å². The number of alkyl halides is 3. The molecule has 2 aromatic rings. The molecule has 1 heterocycles. The monoisotopic (exact) mass is 431 g/mol. The van der Waals surface area contributed by atoms with Gasteiger partial charge >= 0.3 is 11.2 Å². The van der Waals surface area contributed by atoms with Gasteiger partial charge in [-0.1, -0.05) is 15.9 Å². The Labute approximate surface area is 139 Å². The average molecular weight is 432 g/mol. The molecule has 0 radical (unpaired) electrons. The maximum absolute atomic E-state index is 13.0. The molecule has 0 spiro atoms. The molecule has 0 amide bonds. The van der Waals surface area contributed by atoms with E-state index in [1.807, 2.05) is 0 Å². The zero-order valence-electron chi connectivity index (χ0n) is 10.7. The number of thiazole rings is 1. The lowest BCUT2D eigenvalue weighted by molar-refractivity contribution is -0.380. The second-order valence-corrected chi connectivity index (χ2v) is 7.58. The van der Waals surface area contributed by atoms with Gasteiger partial charge < -0.3 is 0 Å². The quantitative estimate of drug-likeness (QED) is 0.587. The maximum atomic E-state index is 13.0. The number of nitrogens with one attached hydrogen (secondary N) is 1. The fourth-order valence-electron chi connectivity index (χ4n) is 1.53. The summed E-state index contributed by atoms with van der Waals surface area (Å²) < 4.78 is 65.1. The van der Waals surface area contributed by atoms with Crippen LogP contribution in [0.2, 0.25) is 0 Å². The van der Waals surface area contributed by atoms with Crippen LogP contribution in [0, 0.1) is 10.1 Å². The van der Waals surface area contributed by atoms with Crippen molar-refractivity contribution >= 4 is 47.4 Å². The molecule has 23 heavy (non-hydrogen) atoms. The van der Waals surface area contributed by atoms with E-state index >= 15 is 0 Å². The van der Waals surface area contributed by atoms with Gasteiger partial charge in [0, 0.05) is 4.47 Å². The van der Waals surface area contributed by atoms with Crippen molar-refractivity contribution in [3.8, 4) is 0 Å². The van der Waals surface area contributed by atoms with E-state index in [2.05, 4.69) is 20.9 Å². The van der Waals surface area contributed by atoms with Crippen LogP contribution in [0.1, 0.15) is 5.56 Å². The van der Waals surface area contributed by atoms with E-state index in [9.17, 15) is 31.7 Å². The summed E-state index contributed by atoms with van der Waals surface area (Å²) in [5, 5.41) is 9.66. The highest BCUT2D eigenvalue weighted by atomic mass is 79.9. The first-order valence-corrected chi connectivity index (χ1v) is 8.60. The van der Waals surface area contributed by atoms with Crippen LogP contribution in [0.15, 0.2) is 33.8 Å². The number of halogens is 4. The minimum atomic E-state index is -4.90. The Hall–Kier alpha value is -1.73. The normalized spacial score (nSPS) is 12.2. The average Bonchev–Trinajstić information content (AvgIpc) is 2.85. The van der Waals surface area contributed by atoms with Crippen LogP contribution in [0.5, 0.6) is 0 Å². The number of rotatable bonds is 4. The Bertz CT molecular complexity index is 866. The number of nitrogens with zero attached hydrogens (tertiary/aromatic N) is 2. The fourth-order valence-corrected chi connectivity index (χ4v) is 3.97. The number of anilines is 1. The predicted molar refractivity (Wildman–Crippen MR) is 78.7 cm³/mol. The first-order chi connectivity index (χ1) is 10.5. The number of nitro groups is 1. The smallest absolute Gasteiger partial charge is 0.257 e. The van der Waals surface area contributed by atoms with Gasteiger partial charge in [0.25, 0.3) is 10.0 Å². The third-order valence-corrected chi connectivity index (χ3v) is 5.32. The molecule has 1 aromatic heterocycles. The molecule has 1 N–H and O–H groups in total.